The normalized spacial score (nSPS) is 21.4. The topological polar surface area (TPSA) is 61.9 Å². The van der Waals surface area contributed by atoms with Gasteiger partial charge in [0.15, 0.2) is 5.82 Å². The number of rotatable bonds is 2. The third kappa shape index (κ3) is 1.93. The Kier molecular flexibility index (Phi) is 2.94. The molecule has 2 saturated carbocycles. The number of alkyl halides is 3. The molecule has 0 N–H and O–H groups in total. The van der Waals surface area contributed by atoms with Gasteiger partial charge in [-0.1, -0.05) is 0 Å². The Bertz CT molecular complexity index is 1040. The van der Waals surface area contributed by atoms with Gasteiger partial charge in [0.1, 0.15) is 11.2 Å². The molecule has 0 radical (unpaired) electrons. The number of hydrogen-bond donors (Lipinski definition) is 0. The molecule has 27 heavy (non-hydrogen) atoms. The van der Waals surface area contributed by atoms with Gasteiger partial charge in [0.2, 0.25) is 11.9 Å². The van der Waals surface area contributed by atoms with E-state index in [4.69, 9.17) is 5.26 Å². The number of amides is 1. The van der Waals surface area contributed by atoms with Crippen LogP contribution >= 0.6 is 0 Å². The monoisotopic (exact) mass is 378 g/mol. The van der Waals surface area contributed by atoms with Crippen molar-refractivity contribution in [1.29, 1.82) is 5.26 Å². The number of hydrogen-bond acceptors (Lipinski definition) is 3. The summed E-state index contributed by atoms with van der Waals surface area (Å²) in [6.07, 6.45) is -3.13. The van der Waals surface area contributed by atoms with Gasteiger partial charge in [-0.3, -0.25) is 14.3 Å². The lowest BCUT2D eigenvalue weighted by molar-refractivity contribution is -0.190. The van der Waals surface area contributed by atoms with Crippen LogP contribution < -0.4 is 4.90 Å². The van der Waals surface area contributed by atoms with Crippen molar-refractivity contribution in [1.82, 2.24) is 9.55 Å². The average molecular weight is 378 g/mol. The molecule has 3 aliphatic rings. The number of fused-ring (bicyclic) bond motifs is 4. The van der Waals surface area contributed by atoms with Gasteiger partial charge < -0.3 is 0 Å². The molecule has 1 spiro atoms. The molecular weight excluding hydrogens is 364 g/mol. The van der Waals surface area contributed by atoms with Crippen molar-refractivity contribution >= 4 is 22.9 Å². The van der Waals surface area contributed by atoms with Crippen LogP contribution in [0.15, 0.2) is 12.1 Å². The summed E-state index contributed by atoms with van der Waals surface area (Å²) in [5.74, 6) is -1.13. The summed E-state index contributed by atoms with van der Waals surface area (Å²) < 4.78 is 55.8. The van der Waals surface area contributed by atoms with Crippen molar-refractivity contribution in [3.8, 4) is 6.07 Å². The fraction of sp³-hybridized carbons (Fsp3) is 0.500. The first kappa shape index (κ1) is 16.5. The number of anilines is 1. The minimum Gasteiger partial charge on any atom is -0.285 e. The Morgan fingerprint density at radius 2 is 1.96 bits per heavy atom. The lowest BCUT2D eigenvalue weighted by atomic mass is 9.79. The molecule has 1 aromatic heterocycles. The summed E-state index contributed by atoms with van der Waals surface area (Å²) in [5, 5.41) is 9.07. The van der Waals surface area contributed by atoms with Crippen molar-refractivity contribution < 1.29 is 22.4 Å². The second-order valence-corrected chi connectivity index (χ2v) is 7.70. The Morgan fingerprint density at radius 3 is 2.48 bits per heavy atom. The van der Waals surface area contributed by atoms with E-state index in [0.29, 0.717) is 18.4 Å². The number of carbonyl (C=O) groups excluding carboxylic acids is 1. The van der Waals surface area contributed by atoms with Gasteiger partial charge in [-0.25, -0.2) is 9.37 Å². The number of halogens is 4. The van der Waals surface area contributed by atoms with E-state index >= 15 is 0 Å². The molecule has 5 nitrogen and oxygen atoms in total. The second-order valence-electron chi connectivity index (χ2n) is 7.70. The maximum Gasteiger partial charge on any atom is 0.395 e. The van der Waals surface area contributed by atoms with E-state index in [0.717, 1.165) is 12.5 Å². The van der Waals surface area contributed by atoms with Gasteiger partial charge >= 0.3 is 6.18 Å². The third-order valence-corrected chi connectivity index (χ3v) is 6.21. The molecule has 9 heteroatoms. The number of aromatic nitrogens is 2. The maximum atomic E-state index is 14.3. The lowest BCUT2D eigenvalue weighted by Crippen LogP contribution is -2.66. The fourth-order valence-electron chi connectivity index (χ4n) is 4.35. The summed E-state index contributed by atoms with van der Waals surface area (Å²) in [6.45, 7) is 0. The molecule has 1 aliphatic heterocycles. The lowest BCUT2D eigenvalue weighted by Gasteiger charge is -2.58. The van der Waals surface area contributed by atoms with Crippen molar-refractivity contribution in [2.75, 3.05) is 4.90 Å². The van der Waals surface area contributed by atoms with Crippen molar-refractivity contribution in [3.05, 3.63) is 23.5 Å². The molecular formula is C18H14F4N4O. The first-order valence-electron chi connectivity index (χ1n) is 8.75. The van der Waals surface area contributed by atoms with Gasteiger partial charge in [-0.15, -0.1) is 0 Å². The van der Waals surface area contributed by atoms with Crippen LogP contribution in [0.4, 0.5) is 23.5 Å². The fourth-order valence-corrected chi connectivity index (χ4v) is 4.35. The molecule has 2 heterocycles. The zero-order chi connectivity index (χ0) is 19.2. The summed E-state index contributed by atoms with van der Waals surface area (Å²) in [4.78, 5) is 18.3. The van der Waals surface area contributed by atoms with Gasteiger partial charge in [0, 0.05) is 6.42 Å². The molecule has 1 amide bonds. The van der Waals surface area contributed by atoms with E-state index in [2.05, 4.69) is 4.98 Å². The van der Waals surface area contributed by atoms with Crippen molar-refractivity contribution in [2.45, 2.75) is 50.4 Å². The largest absolute Gasteiger partial charge is 0.395 e. The number of nitrogens with zero attached hydrogens (tertiary/aromatic N) is 4. The molecule has 140 valence electrons. The predicted octanol–water partition coefficient (Wildman–Crippen LogP) is 3.96. The summed E-state index contributed by atoms with van der Waals surface area (Å²) in [5.41, 5.74) is -2.13. The highest BCUT2D eigenvalue weighted by Gasteiger charge is 2.66. The summed E-state index contributed by atoms with van der Waals surface area (Å²) in [7, 11) is 0. The van der Waals surface area contributed by atoms with Crippen LogP contribution in [-0.2, 0) is 10.5 Å². The Morgan fingerprint density at radius 1 is 1.26 bits per heavy atom. The zero-order valence-electron chi connectivity index (χ0n) is 14.1. The van der Waals surface area contributed by atoms with E-state index in [1.54, 1.807) is 4.57 Å². The minimum atomic E-state index is -4.41. The molecule has 2 aliphatic carbocycles. The number of nitriles is 1. The predicted molar refractivity (Wildman–Crippen MR) is 86.1 cm³/mol. The third-order valence-electron chi connectivity index (χ3n) is 6.21. The molecule has 5 rings (SSSR count). The van der Waals surface area contributed by atoms with E-state index in [9.17, 15) is 22.4 Å². The first-order valence-corrected chi connectivity index (χ1v) is 8.75. The average Bonchev–Trinajstić information content (AvgIpc) is 3.24. The van der Waals surface area contributed by atoms with Crippen molar-refractivity contribution in [3.63, 3.8) is 0 Å². The van der Waals surface area contributed by atoms with E-state index in [-0.39, 0.29) is 29.9 Å². The Hall–Kier alpha value is -2.63. The molecule has 0 unspecified atom stereocenters. The minimum absolute atomic E-state index is 0.0301. The smallest absolute Gasteiger partial charge is 0.285 e. The van der Waals surface area contributed by atoms with Crippen molar-refractivity contribution in [2.24, 2.45) is 5.41 Å². The highest BCUT2D eigenvalue weighted by molar-refractivity contribution is 5.99. The van der Waals surface area contributed by atoms with E-state index in [1.165, 1.54) is 11.0 Å². The van der Waals surface area contributed by atoms with Gasteiger partial charge in [-0.2, -0.15) is 18.4 Å². The Labute approximate surface area is 151 Å². The Balaban J connectivity index is 1.58. The summed E-state index contributed by atoms with van der Waals surface area (Å²) >= 11 is 0. The molecule has 0 atom stereocenters. The zero-order valence-corrected chi connectivity index (χ0v) is 14.1. The highest BCUT2D eigenvalue weighted by atomic mass is 19.4. The van der Waals surface area contributed by atoms with Crippen LogP contribution in [0.5, 0.6) is 0 Å². The van der Waals surface area contributed by atoms with Crippen LogP contribution in [0.2, 0.25) is 0 Å². The SMILES string of the molecule is N#Cc1cc(F)c2nc3n(c2c1)C1(CCC1)N3C(=O)CC1(C(F)(F)F)CC1. The van der Waals surface area contributed by atoms with E-state index in [1.807, 2.05) is 6.07 Å². The quantitative estimate of drug-likeness (QED) is 0.743. The maximum absolute atomic E-state index is 14.3. The first-order chi connectivity index (χ1) is 12.7. The number of imidazole rings is 1. The summed E-state index contributed by atoms with van der Waals surface area (Å²) in [6, 6.07) is 4.46. The van der Waals surface area contributed by atoms with Crippen LogP contribution in [0.3, 0.4) is 0 Å². The molecule has 2 aromatic rings. The molecule has 0 saturated heterocycles. The second kappa shape index (κ2) is 4.80. The molecule has 1 aromatic carbocycles. The van der Waals surface area contributed by atoms with Gasteiger partial charge in [0.05, 0.1) is 22.6 Å². The molecule has 0 bridgehead atoms. The van der Waals surface area contributed by atoms with Gasteiger partial charge in [0.25, 0.3) is 0 Å². The van der Waals surface area contributed by atoms with Crippen LogP contribution in [0, 0.1) is 22.6 Å². The van der Waals surface area contributed by atoms with Crippen LogP contribution in [0.1, 0.15) is 44.1 Å². The van der Waals surface area contributed by atoms with Gasteiger partial charge in [-0.05, 0) is 44.2 Å². The number of carbonyl (C=O) groups is 1. The van der Waals surface area contributed by atoms with Crippen LogP contribution in [0.25, 0.3) is 11.0 Å². The highest BCUT2D eigenvalue weighted by Crippen LogP contribution is 2.62. The van der Waals surface area contributed by atoms with E-state index < -0.39 is 35.4 Å². The van der Waals surface area contributed by atoms with Crippen LogP contribution in [-0.4, -0.2) is 21.6 Å². The molecule has 2 fully saturated rings. The standard InChI is InChI=1S/C18H14F4N4O/c19-11-6-10(9-23)7-12-14(11)24-15-25(12)17(2-1-3-17)26(15)13(27)8-16(4-5-16)18(20,21)22/h6-7H,1-5,8H2. The number of benzene rings is 1.